The largest absolute Gasteiger partial charge is 0.476 e. The number of halogens is 5. The molecule has 1 aromatic heterocycles. The summed E-state index contributed by atoms with van der Waals surface area (Å²) in [5.74, 6) is -11.8. The van der Waals surface area contributed by atoms with Gasteiger partial charge in [-0.3, -0.25) is 8.77 Å². The van der Waals surface area contributed by atoms with Gasteiger partial charge in [-0.1, -0.05) is 30.3 Å². The highest BCUT2D eigenvalue weighted by atomic mass is 32.2. The molecule has 0 atom stereocenters. The van der Waals surface area contributed by atoms with Crippen LogP contribution in [0.15, 0.2) is 49.1 Å². The van der Waals surface area contributed by atoms with Crippen LogP contribution in [0.2, 0.25) is 0 Å². The van der Waals surface area contributed by atoms with Crippen LogP contribution in [0.5, 0.6) is 5.75 Å². The van der Waals surface area contributed by atoms with Crippen molar-refractivity contribution in [1.82, 2.24) is 13.9 Å². The molecule has 1 amide bonds. The van der Waals surface area contributed by atoms with Crippen LogP contribution in [-0.4, -0.2) is 38.6 Å². The predicted octanol–water partition coefficient (Wildman–Crippen LogP) is 4.67. The predicted molar refractivity (Wildman–Crippen MR) is 111 cm³/mol. The smallest absolute Gasteiger partial charge is 0.234 e. The Bertz CT molecular complexity index is 1110. The maximum Gasteiger partial charge on any atom is 0.234 e. The Hall–Kier alpha value is -3.08. The van der Waals surface area contributed by atoms with Gasteiger partial charge in [0.25, 0.3) is 0 Å². The van der Waals surface area contributed by atoms with E-state index < -0.39 is 40.4 Å². The number of piperidine rings is 1. The Labute approximate surface area is 190 Å². The number of amides is 1. The van der Waals surface area contributed by atoms with Gasteiger partial charge in [-0.15, -0.1) is 0 Å². The zero-order valence-corrected chi connectivity index (χ0v) is 17.9. The van der Waals surface area contributed by atoms with E-state index in [0.29, 0.717) is 5.56 Å². The highest BCUT2D eigenvalue weighted by Gasteiger charge is 2.42. The van der Waals surface area contributed by atoms with Gasteiger partial charge in [0, 0.05) is 38.3 Å². The van der Waals surface area contributed by atoms with E-state index in [-0.39, 0.29) is 37.6 Å². The average Bonchev–Trinajstić information content (AvgIpc) is 3.37. The molecule has 0 N–H and O–H groups in total. The summed E-state index contributed by atoms with van der Waals surface area (Å²) in [5.41, 5.74) is -0.873. The fourth-order valence-corrected chi connectivity index (χ4v) is 4.43. The van der Waals surface area contributed by atoms with Crippen molar-refractivity contribution in [3.63, 3.8) is 0 Å². The number of aromatic nitrogens is 2. The summed E-state index contributed by atoms with van der Waals surface area (Å²) in [5, 5.41) is 0. The third-order valence-corrected chi connectivity index (χ3v) is 6.40. The third kappa shape index (κ3) is 4.54. The first-order valence-electron chi connectivity index (χ1n) is 9.97. The van der Waals surface area contributed by atoms with Crippen LogP contribution >= 0.6 is 11.9 Å². The highest BCUT2D eigenvalue weighted by molar-refractivity contribution is 7.98. The molecule has 2 aromatic carbocycles. The number of imidazole rings is 1. The first kappa shape index (κ1) is 23.1. The van der Waals surface area contributed by atoms with E-state index in [4.69, 9.17) is 4.74 Å². The van der Waals surface area contributed by atoms with Crippen molar-refractivity contribution in [1.29, 1.82) is 0 Å². The Morgan fingerprint density at radius 1 is 0.970 bits per heavy atom. The van der Waals surface area contributed by atoms with Crippen LogP contribution in [-0.2, 0) is 10.4 Å². The standard InChI is InChI=1S/C22H18F5N3O2S/c23-16-17(24)19(26)21(20(27)18(16)25)32-22(14-4-2-1-3-5-14)6-9-29(10-7-22)15(31)12-33-30-11-8-28-13-30/h1-5,8,11,13H,6-7,9-10,12H2. The van der Waals surface area contributed by atoms with Gasteiger partial charge in [-0.25, -0.2) is 18.2 Å². The molecule has 1 saturated heterocycles. The van der Waals surface area contributed by atoms with Crippen molar-refractivity contribution in [2.75, 3.05) is 18.8 Å². The zero-order valence-electron chi connectivity index (χ0n) is 17.1. The van der Waals surface area contributed by atoms with Crippen molar-refractivity contribution in [3.8, 4) is 5.75 Å². The number of rotatable bonds is 6. The molecule has 11 heteroatoms. The molecule has 0 bridgehead atoms. The number of likely N-dealkylation sites (tertiary alicyclic amines) is 1. The van der Waals surface area contributed by atoms with Gasteiger partial charge in [0.1, 0.15) is 11.9 Å². The maximum absolute atomic E-state index is 14.4. The van der Waals surface area contributed by atoms with Crippen LogP contribution in [0, 0.1) is 29.1 Å². The van der Waals surface area contributed by atoms with Gasteiger partial charge in [0.2, 0.25) is 35.0 Å². The van der Waals surface area contributed by atoms with E-state index in [1.165, 1.54) is 11.9 Å². The fourth-order valence-electron chi connectivity index (χ4n) is 3.72. The second-order valence-electron chi connectivity index (χ2n) is 7.44. The summed E-state index contributed by atoms with van der Waals surface area (Å²) in [6.07, 6.45) is 5.04. The molecule has 1 aliphatic heterocycles. The molecule has 1 fully saturated rings. The van der Waals surface area contributed by atoms with Crippen molar-refractivity contribution < 1.29 is 31.5 Å². The van der Waals surface area contributed by atoms with Crippen molar-refractivity contribution in [2.24, 2.45) is 0 Å². The molecule has 0 spiro atoms. The minimum absolute atomic E-state index is 0.0952. The number of carbonyl (C=O) groups excluding carboxylic acids is 1. The summed E-state index contributed by atoms with van der Waals surface area (Å²) in [6, 6.07) is 8.38. The van der Waals surface area contributed by atoms with Gasteiger partial charge in [0.05, 0.1) is 5.75 Å². The Kier molecular flexibility index (Phi) is 6.59. The second-order valence-corrected chi connectivity index (χ2v) is 8.41. The molecule has 0 saturated carbocycles. The SMILES string of the molecule is O=C(CSn1ccnc1)N1CCC(Oc2c(F)c(F)c(F)c(F)c2F)(c2ccccc2)CC1. The van der Waals surface area contributed by atoms with E-state index >= 15 is 0 Å². The monoisotopic (exact) mass is 483 g/mol. The molecule has 0 aliphatic carbocycles. The van der Waals surface area contributed by atoms with Crippen molar-refractivity contribution in [3.05, 3.63) is 83.7 Å². The normalized spacial score (nSPS) is 15.5. The molecule has 174 valence electrons. The summed E-state index contributed by atoms with van der Waals surface area (Å²) in [6.45, 7) is 0.348. The lowest BCUT2D eigenvalue weighted by atomic mass is 9.84. The molecular formula is C22H18F5N3O2S. The minimum atomic E-state index is -2.25. The van der Waals surface area contributed by atoms with E-state index in [9.17, 15) is 26.7 Å². The van der Waals surface area contributed by atoms with Gasteiger partial charge < -0.3 is 9.64 Å². The highest BCUT2D eigenvalue weighted by Crippen LogP contribution is 2.41. The van der Waals surface area contributed by atoms with E-state index in [1.54, 1.807) is 57.9 Å². The number of benzene rings is 2. The molecule has 3 aromatic rings. The van der Waals surface area contributed by atoms with Crippen molar-refractivity contribution >= 4 is 17.9 Å². The van der Waals surface area contributed by atoms with Crippen LogP contribution < -0.4 is 4.74 Å². The molecular weight excluding hydrogens is 465 g/mol. The Morgan fingerprint density at radius 2 is 1.58 bits per heavy atom. The van der Waals surface area contributed by atoms with Gasteiger partial charge in [-0.05, 0) is 17.5 Å². The fraction of sp³-hybridized carbons (Fsp3) is 0.273. The van der Waals surface area contributed by atoms with E-state index in [2.05, 4.69) is 4.98 Å². The number of carbonyl (C=O) groups is 1. The molecule has 33 heavy (non-hydrogen) atoms. The zero-order chi connectivity index (χ0) is 23.6. The van der Waals surface area contributed by atoms with E-state index in [0.717, 1.165) is 0 Å². The molecule has 2 heterocycles. The summed E-state index contributed by atoms with van der Waals surface area (Å²) in [7, 11) is 0. The van der Waals surface area contributed by atoms with Crippen LogP contribution in [0.1, 0.15) is 18.4 Å². The Balaban J connectivity index is 1.58. The lowest BCUT2D eigenvalue weighted by Crippen LogP contribution is -2.48. The summed E-state index contributed by atoms with van der Waals surface area (Å²) < 4.78 is 77.0. The number of hydrogen-bond donors (Lipinski definition) is 0. The second kappa shape index (κ2) is 9.42. The third-order valence-electron chi connectivity index (χ3n) is 5.51. The number of hydrogen-bond acceptors (Lipinski definition) is 4. The molecule has 5 nitrogen and oxygen atoms in total. The lowest BCUT2D eigenvalue weighted by Gasteiger charge is -2.42. The molecule has 4 rings (SSSR count). The van der Waals surface area contributed by atoms with Crippen molar-refractivity contribution in [2.45, 2.75) is 18.4 Å². The van der Waals surface area contributed by atoms with Crippen LogP contribution in [0.4, 0.5) is 22.0 Å². The van der Waals surface area contributed by atoms with Gasteiger partial charge in [0.15, 0.2) is 5.75 Å². The summed E-state index contributed by atoms with van der Waals surface area (Å²) in [4.78, 5) is 18.1. The molecule has 0 radical (unpaired) electrons. The molecule has 0 unspecified atom stereocenters. The summed E-state index contributed by atoms with van der Waals surface area (Å²) >= 11 is 1.25. The maximum atomic E-state index is 14.4. The molecule has 1 aliphatic rings. The minimum Gasteiger partial charge on any atom is -0.476 e. The Morgan fingerprint density at radius 3 is 2.15 bits per heavy atom. The number of ether oxygens (including phenoxy) is 1. The van der Waals surface area contributed by atoms with E-state index in [1.807, 2.05) is 0 Å². The lowest BCUT2D eigenvalue weighted by molar-refractivity contribution is -0.132. The topological polar surface area (TPSA) is 47.4 Å². The number of nitrogens with zero attached hydrogens (tertiary/aromatic N) is 3. The van der Waals surface area contributed by atoms with Gasteiger partial charge >= 0.3 is 0 Å². The quantitative estimate of drug-likeness (QED) is 0.291. The first-order valence-corrected chi connectivity index (χ1v) is 10.9. The average molecular weight is 483 g/mol. The van der Waals surface area contributed by atoms with Crippen LogP contribution in [0.25, 0.3) is 0 Å². The van der Waals surface area contributed by atoms with Crippen LogP contribution in [0.3, 0.4) is 0 Å². The van der Waals surface area contributed by atoms with Gasteiger partial charge in [-0.2, -0.15) is 8.78 Å². The first-order chi connectivity index (χ1) is 15.8.